The lowest BCUT2D eigenvalue weighted by molar-refractivity contribution is 0.134. The van der Waals surface area contributed by atoms with Crippen LogP contribution in [0.1, 0.15) is 39.3 Å². The normalized spacial score (nSPS) is 12.9. The van der Waals surface area contributed by atoms with Gasteiger partial charge in [0, 0.05) is 17.3 Å². The third-order valence-electron chi connectivity index (χ3n) is 4.84. The zero-order valence-corrected chi connectivity index (χ0v) is 17.1. The minimum atomic E-state index is -3.93. The van der Waals surface area contributed by atoms with E-state index in [4.69, 9.17) is 9.26 Å². The fraction of sp³-hybridized carbons (Fsp3) is 0.238. The van der Waals surface area contributed by atoms with E-state index in [0.717, 1.165) is 16.7 Å². The Balaban J connectivity index is 1.69. The molecule has 7 nitrogen and oxygen atoms in total. The number of aryl methyl sites for hydroxylation is 2. The van der Waals surface area contributed by atoms with Gasteiger partial charge in [-0.2, -0.15) is 0 Å². The van der Waals surface area contributed by atoms with Crippen molar-refractivity contribution in [3.8, 4) is 11.8 Å². The van der Waals surface area contributed by atoms with Gasteiger partial charge in [-0.1, -0.05) is 11.1 Å². The number of ether oxygens (including phenoxy) is 1. The molecule has 1 N–H and O–H groups in total. The molecule has 3 heterocycles. The van der Waals surface area contributed by atoms with Crippen LogP contribution in [0.3, 0.4) is 0 Å². The van der Waals surface area contributed by atoms with E-state index < -0.39 is 10.0 Å². The molecule has 0 radical (unpaired) electrons. The Hall–Kier alpha value is -3.15. The maximum Gasteiger partial charge on any atom is 0.265 e. The lowest BCUT2D eigenvalue weighted by atomic mass is 10.0. The van der Waals surface area contributed by atoms with Crippen molar-refractivity contribution in [1.82, 2.24) is 10.1 Å². The molecule has 0 bridgehead atoms. The molecule has 4 rings (SSSR count). The highest BCUT2D eigenvalue weighted by Crippen LogP contribution is 2.25. The molecule has 1 aromatic carbocycles. The Bertz CT molecular complexity index is 1270. The van der Waals surface area contributed by atoms with Gasteiger partial charge in [-0.15, -0.1) is 0 Å². The fourth-order valence-corrected chi connectivity index (χ4v) is 4.26. The van der Waals surface area contributed by atoms with Gasteiger partial charge in [0.25, 0.3) is 10.0 Å². The fourth-order valence-electron chi connectivity index (χ4n) is 3.09. The molecule has 148 valence electrons. The van der Waals surface area contributed by atoms with Gasteiger partial charge < -0.3 is 9.26 Å². The van der Waals surface area contributed by atoms with Crippen molar-refractivity contribution in [3.63, 3.8) is 0 Å². The first-order valence-corrected chi connectivity index (χ1v) is 10.5. The van der Waals surface area contributed by atoms with Crippen molar-refractivity contribution >= 4 is 15.8 Å². The SMILES string of the molecule is Cc1cc(C#Cc2ncccc2S(=O)(=O)Nc2noc(C)c2C)cc2c1COC2. The summed E-state index contributed by atoms with van der Waals surface area (Å²) in [5.74, 6) is 6.62. The average Bonchev–Trinajstić information content (AvgIpc) is 3.29. The molecule has 29 heavy (non-hydrogen) atoms. The van der Waals surface area contributed by atoms with Gasteiger partial charge in [0.15, 0.2) is 5.82 Å². The summed E-state index contributed by atoms with van der Waals surface area (Å²) in [6.45, 7) is 6.64. The number of nitrogens with one attached hydrogen (secondary N) is 1. The number of anilines is 1. The molecule has 0 aliphatic carbocycles. The lowest BCUT2D eigenvalue weighted by Crippen LogP contribution is -2.15. The molecule has 3 aromatic rings. The molecule has 0 saturated carbocycles. The summed E-state index contributed by atoms with van der Waals surface area (Å²) in [4.78, 5) is 4.14. The van der Waals surface area contributed by atoms with Crippen LogP contribution in [0.25, 0.3) is 0 Å². The largest absolute Gasteiger partial charge is 0.372 e. The van der Waals surface area contributed by atoms with E-state index >= 15 is 0 Å². The van der Waals surface area contributed by atoms with Crippen molar-refractivity contribution < 1.29 is 17.7 Å². The number of hydrogen-bond donors (Lipinski definition) is 1. The Morgan fingerprint density at radius 3 is 2.72 bits per heavy atom. The summed E-state index contributed by atoms with van der Waals surface area (Å²) in [7, 11) is -3.93. The number of rotatable bonds is 3. The highest BCUT2D eigenvalue weighted by molar-refractivity contribution is 7.92. The second-order valence-electron chi connectivity index (χ2n) is 6.84. The number of pyridine rings is 1. The summed E-state index contributed by atoms with van der Waals surface area (Å²) < 4.78 is 38.7. The maximum atomic E-state index is 12.9. The van der Waals surface area contributed by atoms with Crippen LogP contribution in [0.2, 0.25) is 0 Å². The smallest absolute Gasteiger partial charge is 0.265 e. The molecule has 0 fully saturated rings. The van der Waals surface area contributed by atoms with E-state index in [1.165, 1.54) is 17.8 Å². The van der Waals surface area contributed by atoms with E-state index in [1.54, 1.807) is 19.9 Å². The van der Waals surface area contributed by atoms with E-state index in [2.05, 4.69) is 26.7 Å². The highest BCUT2D eigenvalue weighted by atomic mass is 32.2. The van der Waals surface area contributed by atoms with Crippen LogP contribution in [-0.2, 0) is 28.0 Å². The average molecular weight is 409 g/mol. The lowest BCUT2D eigenvalue weighted by Gasteiger charge is -2.07. The maximum absolute atomic E-state index is 12.9. The molecule has 8 heteroatoms. The van der Waals surface area contributed by atoms with Gasteiger partial charge in [-0.3, -0.25) is 4.72 Å². The topological polar surface area (TPSA) is 94.3 Å². The molecular weight excluding hydrogens is 390 g/mol. The number of benzene rings is 1. The zero-order valence-electron chi connectivity index (χ0n) is 16.2. The predicted molar refractivity (Wildman–Crippen MR) is 107 cm³/mol. The van der Waals surface area contributed by atoms with Crippen LogP contribution in [-0.4, -0.2) is 18.6 Å². The summed E-state index contributed by atoms with van der Waals surface area (Å²) in [5.41, 5.74) is 4.99. The van der Waals surface area contributed by atoms with Gasteiger partial charge in [-0.05, 0) is 67.6 Å². The molecule has 1 aliphatic heterocycles. The summed E-state index contributed by atoms with van der Waals surface area (Å²) in [6.07, 6.45) is 1.51. The summed E-state index contributed by atoms with van der Waals surface area (Å²) in [5, 5.41) is 3.76. The second kappa shape index (κ2) is 7.35. The Kier molecular flexibility index (Phi) is 4.86. The van der Waals surface area contributed by atoms with E-state index in [1.807, 2.05) is 19.1 Å². The Morgan fingerprint density at radius 2 is 1.97 bits per heavy atom. The predicted octanol–water partition coefficient (Wildman–Crippen LogP) is 3.23. The van der Waals surface area contributed by atoms with Crippen LogP contribution in [0.15, 0.2) is 39.9 Å². The molecule has 0 saturated heterocycles. The number of nitrogens with zero attached hydrogens (tertiary/aromatic N) is 2. The number of fused-ring (bicyclic) bond motifs is 1. The second-order valence-corrected chi connectivity index (χ2v) is 8.49. The van der Waals surface area contributed by atoms with Crippen molar-refractivity contribution in [2.45, 2.75) is 38.9 Å². The Labute approximate surface area is 169 Å². The molecule has 2 aromatic heterocycles. The van der Waals surface area contributed by atoms with E-state index in [0.29, 0.717) is 24.5 Å². The van der Waals surface area contributed by atoms with Gasteiger partial charge >= 0.3 is 0 Å². The zero-order chi connectivity index (χ0) is 20.6. The summed E-state index contributed by atoms with van der Waals surface area (Å²) >= 11 is 0. The highest BCUT2D eigenvalue weighted by Gasteiger charge is 2.22. The first-order chi connectivity index (χ1) is 13.8. The third kappa shape index (κ3) is 3.75. The van der Waals surface area contributed by atoms with E-state index in [-0.39, 0.29) is 16.4 Å². The number of hydrogen-bond acceptors (Lipinski definition) is 6. The third-order valence-corrected chi connectivity index (χ3v) is 6.21. The van der Waals surface area contributed by atoms with Crippen molar-refractivity contribution in [2.75, 3.05) is 4.72 Å². The molecular formula is C21H19N3O4S. The number of aromatic nitrogens is 2. The van der Waals surface area contributed by atoms with Crippen LogP contribution in [0.4, 0.5) is 5.82 Å². The van der Waals surface area contributed by atoms with Gasteiger partial charge in [-0.25, -0.2) is 13.4 Å². The van der Waals surface area contributed by atoms with Crippen molar-refractivity contribution in [3.05, 3.63) is 69.7 Å². The van der Waals surface area contributed by atoms with Crippen LogP contribution in [0.5, 0.6) is 0 Å². The van der Waals surface area contributed by atoms with Crippen LogP contribution >= 0.6 is 0 Å². The molecule has 0 unspecified atom stereocenters. The quantitative estimate of drug-likeness (QED) is 0.668. The minimum absolute atomic E-state index is 0.0197. The van der Waals surface area contributed by atoms with Crippen molar-refractivity contribution in [1.29, 1.82) is 0 Å². The molecule has 0 amide bonds. The monoisotopic (exact) mass is 409 g/mol. The molecule has 1 aliphatic rings. The minimum Gasteiger partial charge on any atom is -0.372 e. The van der Waals surface area contributed by atoms with Gasteiger partial charge in [0.2, 0.25) is 0 Å². The van der Waals surface area contributed by atoms with Crippen molar-refractivity contribution in [2.24, 2.45) is 0 Å². The standard InChI is InChI=1S/C21H19N3O4S/c1-13-9-16(10-17-11-27-12-18(13)17)6-7-19-20(5-4-8-22-19)29(25,26)24-21-14(2)15(3)28-23-21/h4-5,8-10H,11-12H2,1-3H3,(H,23,24). The first-order valence-electron chi connectivity index (χ1n) is 8.98. The molecule has 0 spiro atoms. The van der Waals surface area contributed by atoms with Crippen LogP contribution in [0, 0.1) is 32.6 Å². The number of sulfonamides is 1. The summed E-state index contributed by atoms with van der Waals surface area (Å²) in [6, 6.07) is 6.96. The van der Waals surface area contributed by atoms with Gasteiger partial charge in [0.05, 0.1) is 13.2 Å². The Morgan fingerprint density at radius 1 is 1.14 bits per heavy atom. The van der Waals surface area contributed by atoms with Gasteiger partial charge in [0.1, 0.15) is 16.3 Å². The van der Waals surface area contributed by atoms with Crippen LogP contribution < -0.4 is 4.72 Å². The van der Waals surface area contributed by atoms with E-state index in [9.17, 15) is 8.42 Å². The first kappa shape index (κ1) is 19.2. The molecule has 0 atom stereocenters.